The maximum Gasteiger partial charge on any atom is 0.219 e. The molecule has 3 N–H and O–H groups in total. The maximum absolute atomic E-state index is 8.63. The van der Waals surface area contributed by atoms with Crippen LogP contribution in [-0.2, 0) is 6.54 Å². The summed E-state index contributed by atoms with van der Waals surface area (Å²) in [5.41, 5.74) is 8.45. The molecule has 0 aliphatic rings. The molecule has 0 radical (unpaired) electrons. The van der Waals surface area contributed by atoms with Gasteiger partial charge in [-0.15, -0.1) is 5.10 Å². The predicted octanol–water partition coefficient (Wildman–Crippen LogP) is 1.28. The summed E-state index contributed by atoms with van der Waals surface area (Å²) in [5.74, 6) is 0.0945. The third-order valence-electron chi connectivity index (χ3n) is 3.14. The lowest BCUT2D eigenvalue weighted by Gasteiger charge is -2.07. The van der Waals surface area contributed by atoms with E-state index in [9.17, 15) is 0 Å². The van der Waals surface area contributed by atoms with Gasteiger partial charge in [-0.05, 0) is 24.6 Å². The fourth-order valence-corrected chi connectivity index (χ4v) is 2.23. The molecular weight excluding hydrogens is 268 g/mol. The predicted molar refractivity (Wildman–Crippen MR) is 78.1 cm³/mol. The van der Waals surface area contributed by atoms with Crippen LogP contribution in [0.2, 0.25) is 0 Å². The number of benzene rings is 1. The number of rotatable bonds is 3. The SMILES string of the molecule is Cc1cc(Cn2cnc(C(N)=NO)n2)c2ccccc2n1. The lowest BCUT2D eigenvalue weighted by Crippen LogP contribution is -2.15. The molecule has 0 bridgehead atoms. The van der Waals surface area contributed by atoms with Gasteiger partial charge in [0.15, 0.2) is 0 Å². The van der Waals surface area contributed by atoms with Gasteiger partial charge in [0.1, 0.15) is 6.33 Å². The summed E-state index contributed by atoms with van der Waals surface area (Å²) in [6.07, 6.45) is 1.55. The number of fused-ring (bicyclic) bond motifs is 1. The second-order valence-electron chi connectivity index (χ2n) is 4.69. The molecule has 0 spiro atoms. The van der Waals surface area contributed by atoms with E-state index in [2.05, 4.69) is 20.2 Å². The third kappa shape index (κ3) is 2.53. The number of aromatic nitrogens is 4. The highest BCUT2D eigenvalue weighted by atomic mass is 16.4. The van der Waals surface area contributed by atoms with Crippen LogP contribution in [0.5, 0.6) is 0 Å². The Morgan fingerprint density at radius 1 is 1.38 bits per heavy atom. The number of hydrogen-bond acceptors (Lipinski definition) is 5. The Morgan fingerprint density at radius 2 is 2.19 bits per heavy atom. The molecule has 2 heterocycles. The zero-order valence-corrected chi connectivity index (χ0v) is 11.4. The Kier molecular flexibility index (Phi) is 3.23. The molecule has 0 saturated heterocycles. The summed E-state index contributed by atoms with van der Waals surface area (Å²) in [6.45, 7) is 2.49. The number of oxime groups is 1. The van der Waals surface area contributed by atoms with Gasteiger partial charge in [0.2, 0.25) is 11.7 Å². The molecular formula is C14H14N6O. The number of nitrogens with two attached hydrogens (primary N) is 1. The van der Waals surface area contributed by atoms with Crippen molar-refractivity contribution in [1.29, 1.82) is 0 Å². The van der Waals surface area contributed by atoms with E-state index in [0.29, 0.717) is 6.54 Å². The van der Waals surface area contributed by atoms with Crippen LogP contribution in [0.3, 0.4) is 0 Å². The average Bonchev–Trinajstić information content (AvgIpc) is 2.95. The minimum absolute atomic E-state index is 0.107. The monoisotopic (exact) mass is 282 g/mol. The number of amidine groups is 1. The van der Waals surface area contributed by atoms with Gasteiger partial charge in [0.25, 0.3) is 0 Å². The first-order valence-electron chi connectivity index (χ1n) is 6.40. The minimum atomic E-state index is -0.107. The average molecular weight is 282 g/mol. The number of aryl methyl sites for hydroxylation is 1. The molecule has 7 nitrogen and oxygen atoms in total. The Hall–Kier alpha value is -2.96. The molecule has 2 aromatic heterocycles. The van der Waals surface area contributed by atoms with Gasteiger partial charge in [0, 0.05) is 11.1 Å². The summed E-state index contributed by atoms with van der Waals surface area (Å²) in [6, 6.07) is 9.97. The van der Waals surface area contributed by atoms with Crippen LogP contribution in [0.4, 0.5) is 0 Å². The highest BCUT2D eigenvalue weighted by Crippen LogP contribution is 2.18. The van der Waals surface area contributed by atoms with Crippen molar-refractivity contribution in [3.63, 3.8) is 0 Å². The van der Waals surface area contributed by atoms with Crippen molar-refractivity contribution < 1.29 is 5.21 Å². The molecule has 21 heavy (non-hydrogen) atoms. The van der Waals surface area contributed by atoms with E-state index in [1.54, 1.807) is 11.0 Å². The topological polar surface area (TPSA) is 102 Å². The smallest absolute Gasteiger partial charge is 0.219 e. The van der Waals surface area contributed by atoms with E-state index in [-0.39, 0.29) is 11.7 Å². The van der Waals surface area contributed by atoms with Gasteiger partial charge in [-0.3, -0.25) is 4.98 Å². The van der Waals surface area contributed by atoms with Crippen molar-refractivity contribution in [1.82, 2.24) is 19.7 Å². The maximum atomic E-state index is 8.63. The van der Waals surface area contributed by atoms with Crippen molar-refractivity contribution in [2.75, 3.05) is 0 Å². The zero-order chi connectivity index (χ0) is 14.8. The van der Waals surface area contributed by atoms with Crippen molar-refractivity contribution in [3.8, 4) is 0 Å². The van der Waals surface area contributed by atoms with Gasteiger partial charge in [-0.1, -0.05) is 23.4 Å². The van der Waals surface area contributed by atoms with Crippen LogP contribution in [0.15, 0.2) is 41.8 Å². The quantitative estimate of drug-likeness (QED) is 0.326. The Bertz CT molecular complexity index is 823. The van der Waals surface area contributed by atoms with Gasteiger partial charge in [-0.2, -0.15) is 0 Å². The summed E-state index contributed by atoms with van der Waals surface area (Å²) in [4.78, 5) is 8.51. The molecule has 0 amide bonds. The van der Waals surface area contributed by atoms with Crippen LogP contribution >= 0.6 is 0 Å². The second-order valence-corrected chi connectivity index (χ2v) is 4.69. The molecule has 3 aromatic rings. The van der Waals surface area contributed by atoms with Crippen molar-refractivity contribution in [2.45, 2.75) is 13.5 Å². The Morgan fingerprint density at radius 3 is 3.00 bits per heavy atom. The standard InChI is InChI=1S/C14H14N6O/c1-9-6-10(11-4-2-3-5-12(11)17-9)7-20-8-16-14(18-20)13(15)19-21/h2-6,8,21H,7H2,1H3,(H2,15,19). The first kappa shape index (κ1) is 13.0. The molecule has 0 saturated carbocycles. The van der Waals surface area contributed by atoms with E-state index in [4.69, 9.17) is 10.9 Å². The summed E-state index contributed by atoms with van der Waals surface area (Å²) >= 11 is 0. The highest BCUT2D eigenvalue weighted by Gasteiger charge is 2.08. The fraction of sp³-hybridized carbons (Fsp3) is 0.143. The minimum Gasteiger partial charge on any atom is -0.409 e. The van der Waals surface area contributed by atoms with Gasteiger partial charge in [-0.25, -0.2) is 9.67 Å². The molecule has 0 aliphatic heterocycles. The zero-order valence-electron chi connectivity index (χ0n) is 11.4. The number of pyridine rings is 1. The molecule has 0 aliphatic carbocycles. The van der Waals surface area contributed by atoms with Crippen molar-refractivity contribution in [3.05, 3.63) is 53.7 Å². The lowest BCUT2D eigenvalue weighted by atomic mass is 10.1. The van der Waals surface area contributed by atoms with Gasteiger partial charge in [0.05, 0.1) is 12.1 Å². The van der Waals surface area contributed by atoms with Crippen LogP contribution < -0.4 is 5.73 Å². The summed E-state index contributed by atoms with van der Waals surface area (Å²) in [5, 5.41) is 16.8. The largest absolute Gasteiger partial charge is 0.409 e. The fourth-order valence-electron chi connectivity index (χ4n) is 2.23. The lowest BCUT2D eigenvalue weighted by molar-refractivity contribution is 0.318. The second kappa shape index (κ2) is 5.20. The van der Waals surface area contributed by atoms with E-state index in [1.165, 1.54) is 0 Å². The van der Waals surface area contributed by atoms with Gasteiger partial charge < -0.3 is 10.9 Å². The van der Waals surface area contributed by atoms with Crippen LogP contribution in [0.25, 0.3) is 10.9 Å². The molecule has 1 aromatic carbocycles. The van der Waals surface area contributed by atoms with Crippen LogP contribution in [0, 0.1) is 6.92 Å². The highest BCUT2D eigenvalue weighted by molar-refractivity contribution is 5.93. The third-order valence-corrected chi connectivity index (χ3v) is 3.14. The first-order chi connectivity index (χ1) is 10.2. The normalized spacial score (nSPS) is 12.0. The van der Waals surface area contributed by atoms with Gasteiger partial charge >= 0.3 is 0 Å². The summed E-state index contributed by atoms with van der Waals surface area (Å²) in [7, 11) is 0. The van der Waals surface area contributed by atoms with E-state index >= 15 is 0 Å². The van der Waals surface area contributed by atoms with E-state index in [1.807, 2.05) is 37.3 Å². The van der Waals surface area contributed by atoms with Crippen molar-refractivity contribution in [2.24, 2.45) is 10.9 Å². The Labute approximate surface area is 120 Å². The van der Waals surface area contributed by atoms with E-state index in [0.717, 1.165) is 22.2 Å². The van der Waals surface area contributed by atoms with E-state index < -0.39 is 0 Å². The van der Waals surface area contributed by atoms with Crippen LogP contribution in [0.1, 0.15) is 17.1 Å². The first-order valence-corrected chi connectivity index (χ1v) is 6.40. The molecule has 106 valence electrons. The molecule has 7 heteroatoms. The van der Waals surface area contributed by atoms with Crippen LogP contribution in [-0.4, -0.2) is 30.8 Å². The molecule has 0 unspecified atom stereocenters. The van der Waals surface area contributed by atoms with Crippen molar-refractivity contribution >= 4 is 16.7 Å². The number of para-hydroxylation sites is 1. The summed E-state index contributed by atoms with van der Waals surface area (Å²) < 4.78 is 1.65. The number of nitrogens with zero attached hydrogens (tertiary/aromatic N) is 5. The molecule has 3 rings (SSSR count). The Balaban J connectivity index is 2.00. The number of hydrogen-bond donors (Lipinski definition) is 2. The molecule has 0 fully saturated rings. The molecule has 0 atom stereocenters.